The third kappa shape index (κ3) is 1.81. The van der Waals surface area contributed by atoms with Crippen molar-refractivity contribution in [3.05, 3.63) is 47.5 Å². The zero-order valence-electron chi connectivity index (χ0n) is 8.27. The van der Waals surface area contributed by atoms with Crippen molar-refractivity contribution in [3.63, 3.8) is 0 Å². The second kappa shape index (κ2) is 4.17. The van der Waals surface area contributed by atoms with Gasteiger partial charge in [0.15, 0.2) is 0 Å². The van der Waals surface area contributed by atoms with Gasteiger partial charge in [0, 0.05) is 5.56 Å². The lowest BCUT2D eigenvalue weighted by Crippen LogP contribution is -1.84. The SMILES string of the molecule is N#Cc1ccc(-c2ccc(CO)o2)cc1F. The van der Waals surface area contributed by atoms with Gasteiger partial charge in [0.05, 0.1) is 5.56 Å². The molecule has 0 radical (unpaired) electrons. The number of aliphatic hydroxyl groups is 1. The van der Waals surface area contributed by atoms with E-state index in [0.717, 1.165) is 0 Å². The van der Waals surface area contributed by atoms with Crippen LogP contribution < -0.4 is 0 Å². The number of rotatable bonds is 2. The Hall–Kier alpha value is -2.12. The summed E-state index contributed by atoms with van der Waals surface area (Å²) in [6, 6.07) is 9.23. The van der Waals surface area contributed by atoms with Crippen molar-refractivity contribution in [2.75, 3.05) is 0 Å². The number of furan rings is 1. The Morgan fingerprint density at radius 3 is 2.69 bits per heavy atom. The van der Waals surface area contributed by atoms with Gasteiger partial charge >= 0.3 is 0 Å². The van der Waals surface area contributed by atoms with Crippen LogP contribution in [0.15, 0.2) is 34.7 Å². The van der Waals surface area contributed by atoms with E-state index < -0.39 is 5.82 Å². The molecule has 0 aliphatic rings. The normalized spacial score (nSPS) is 10.1. The van der Waals surface area contributed by atoms with E-state index in [1.807, 2.05) is 0 Å². The van der Waals surface area contributed by atoms with Crippen LogP contribution in [0.5, 0.6) is 0 Å². The Bertz CT molecular complexity index is 554. The molecule has 2 rings (SSSR count). The summed E-state index contributed by atoms with van der Waals surface area (Å²) in [7, 11) is 0. The maximum Gasteiger partial charge on any atom is 0.141 e. The third-order valence-corrected chi connectivity index (χ3v) is 2.19. The maximum absolute atomic E-state index is 13.3. The molecule has 0 atom stereocenters. The highest BCUT2D eigenvalue weighted by molar-refractivity contribution is 5.59. The van der Waals surface area contributed by atoms with Crippen molar-refractivity contribution in [1.29, 1.82) is 5.26 Å². The average molecular weight is 217 g/mol. The van der Waals surface area contributed by atoms with Crippen LogP contribution in [-0.2, 0) is 6.61 Å². The molecule has 0 unspecified atom stereocenters. The molecule has 0 fully saturated rings. The number of aliphatic hydroxyl groups excluding tert-OH is 1. The minimum Gasteiger partial charge on any atom is -0.459 e. The van der Waals surface area contributed by atoms with Crippen molar-refractivity contribution >= 4 is 0 Å². The molecule has 1 aromatic carbocycles. The number of halogens is 1. The van der Waals surface area contributed by atoms with Gasteiger partial charge in [-0.2, -0.15) is 5.26 Å². The molecule has 3 nitrogen and oxygen atoms in total. The second-order valence-corrected chi connectivity index (χ2v) is 3.23. The molecule has 16 heavy (non-hydrogen) atoms. The third-order valence-electron chi connectivity index (χ3n) is 2.19. The summed E-state index contributed by atoms with van der Waals surface area (Å²) in [5.41, 5.74) is 0.536. The largest absolute Gasteiger partial charge is 0.459 e. The van der Waals surface area contributed by atoms with Gasteiger partial charge in [0.1, 0.15) is 30.0 Å². The molecular weight excluding hydrogens is 209 g/mol. The predicted octanol–water partition coefficient (Wildman–Crippen LogP) is 2.45. The quantitative estimate of drug-likeness (QED) is 0.840. The molecule has 4 heteroatoms. The lowest BCUT2D eigenvalue weighted by molar-refractivity contribution is 0.248. The fourth-order valence-corrected chi connectivity index (χ4v) is 1.38. The summed E-state index contributed by atoms with van der Waals surface area (Å²) in [6.07, 6.45) is 0. The molecular formula is C12H8FNO2. The standard InChI is InChI=1S/C12H8FNO2/c13-11-5-8(1-2-9(11)6-14)12-4-3-10(7-15)16-12/h1-5,15H,7H2. The Labute approximate surface area is 91.4 Å². The van der Waals surface area contributed by atoms with Gasteiger partial charge in [0.25, 0.3) is 0 Å². The first-order valence-corrected chi connectivity index (χ1v) is 4.64. The van der Waals surface area contributed by atoms with Gasteiger partial charge in [0.2, 0.25) is 0 Å². The minimum absolute atomic E-state index is 0.00214. The van der Waals surface area contributed by atoms with Crippen LogP contribution in [0.25, 0.3) is 11.3 Å². The predicted molar refractivity (Wildman–Crippen MR) is 54.7 cm³/mol. The van der Waals surface area contributed by atoms with Gasteiger partial charge in [-0.3, -0.25) is 0 Å². The molecule has 0 saturated heterocycles. The van der Waals surface area contributed by atoms with Crippen molar-refractivity contribution in [3.8, 4) is 17.4 Å². The Morgan fingerprint density at radius 2 is 2.12 bits per heavy atom. The molecule has 0 aliphatic carbocycles. The van der Waals surface area contributed by atoms with E-state index in [-0.39, 0.29) is 12.2 Å². The maximum atomic E-state index is 13.3. The van der Waals surface area contributed by atoms with Crippen molar-refractivity contribution in [2.45, 2.75) is 6.61 Å². The molecule has 1 aromatic heterocycles. The smallest absolute Gasteiger partial charge is 0.141 e. The molecule has 0 bridgehead atoms. The van der Waals surface area contributed by atoms with E-state index in [0.29, 0.717) is 17.1 Å². The highest BCUT2D eigenvalue weighted by Gasteiger charge is 2.07. The summed E-state index contributed by atoms with van der Waals surface area (Å²) in [5, 5.41) is 17.4. The van der Waals surface area contributed by atoms with Gasteiger partial charge < -0.3 is 9.52 Å². The first-order chi connectivity index (χ1) is 7.74. The molecule has 1 heterocycles. The van der Waals surface area contributed by atoms with Crippen LogP contribution in [0, 0.1) is 17.1 Å². The van der Waals surface area contributed by atoms with E-state index in [1.165, 1.54) is 12.1 Å². The zero-order valence-corrected chi connectivity index (χ0v) is 8.27. The summed E-state index contributed by atoms with van der Waals surface area (Å²) >= 11 is 0. The number of nitriles is 1. The lowest BCUT2D eigenvalue weighted by atomic mass is 10.1. The van der Waals surface area contributed by atoms with Crippen molar-refractivity contribution in [2.24, 2.45) is 0 Å². The Morgan fingerprint density at radius 1 is 1.31 bits per heavy atom. The van der Waals surface area contributed by atoms with Crippen LogP contribution in [0.4, 0.5) is 4.39 Å². The number of nitrogens with zero attached hydrogens (tertiary/aromatic N) is 1. The van der Waals surface area contributed by atoms with E-state index in [9.17, 15) is 4.39 Å². The van der Waals surface area contributed by atoms with Gasteiger partial charge in [-0.05, 0) is 30.3 Å². The van der Waals surface area contributed by atoms with E-state index >= 15 is 0 Å². The van der Waals surface area contributed by atoms with E-state index in [2.05, 4.69) is 0 Å². The zero-order chi connectivity index (χ0) is 11.5. The van der Waals surface area contributed by atoms with Crippen LogP contribution in [0.1, 0.15) is 11.3 Å². The number of benzene rings is 1. The van der Waals surface area contributed by atoms with Gasteiger partial charge in [-0.15, -0.1) is 0 Å². The van der Waals surface area contributed by atoms with E-state index in [4.69, 9.17) is 14.8 Å². The average Bonchev–Trinajstić information content (AvgIpc) is 2.77. The summed E-state index contributed by atoms with van der Waals surface area (Å²) < 4.78 is 18.6. The van der Waals surface area contributed by atoms with Crippen molar-refractivity contribution < 1.29 is 13.9 Å². The second-order valence-electron chi connectivity index (χ2n) is 3.23. The highest BCUT2D eigenvalue weighted by atomic mass is 19.1. The number of hydrogen-bond acceptors (Lipinski definition) is 3. The summed E-state index contributed by atoms with van der Waals surface area (Å²) in [5.74, 6) is 0.300. The van der Waals surface area contributed by atoms with Gasteiger partial charge in [-0.25, -0.2) is 4.39 Å². The fraction of sp³-hybridized carbons (Fsp3) is 0.0833. The Balaban J connectivity index is 2.42. The minimum atomic E-state index is -0.582. The lowest BCUT2D eigenvalue weighted by Gasteiger charge is -1.98. The molecule has 0 amide bonds. The molecule has 1 N–H and O–H groups in total. The monoisotopic (exact) mass is 217 g/mol. The van der Waals surface area contributed by atoms with Crippen LogP contribution >= 0.6 is 0 Å². The molecule has 0 spiro atoms. The molecule has 80 valence electrons. The highest BCUT2D eigenvalue weighted by Crippen LogP contribution is 2.24. The van der Waals surface area contributed by atoms with E-state index in [1.54, 1.807) is 24.3 Å². The van der Waals surface area contributed by atoms with Crippen LogP contribution in [0.3, 0.4) is 0 Å². The molecule has 0 aliphatic heterocycles. The van der Waals surface area contributed by atoms with Crippen LogP contribution in [0.2, 0.25) is 0 Å². The summed E-state index contributed by atoms with van der Waals surface area (Å²) in [6.45, 7) is -0.196. The van der Waals surface area contributed by atoms with Crippen LogP contribution in [-0.4, -0.2) is 5.11 Å². The number of hydrogen-bond donors (Lipinski definition) is 1. The molecule has 0 saturated carbocycles. The Kier molecular flexibility index (Phi) is 2.71. The molecule has 2 aromatic rings. The van der Waals surface area contributed by atoms with Crippen molar-refractivity contribution in [1.82, 2.24) is 0 Å². The topological polar surface area (TPSA) is 57.2 Å². The van der Waals surface area contributed by atoms with Gasteiger partial charge in [-0.1, -0.05) is 0 Å². The summed E-state index contributed by atoms with van der Waals surface area (Å²) in [4.78, 5) is 0. The first kappa shape index (κ1) is 10.4. The first-order valence-electron chi connectivity index (χ1n) is 4.64. The fourth-order valence-electron chi connectivity index (χ4n) is 1.38.